The van der Waals surface area contributed by atoms with E-state index in [9.17, 15) is 19.2 Å². The van der Waals surface area contributed by atoms with Crippen molar-refractivity contribution in [3.05, 3.63) is 23.3 Å². The molecule has 0 bridgehead atoms. The zero-order valence-corrected chi connectivity index (χ0v) is 11.0. The Kier molecular flexibility index (Phi) is 11.4. The third kappa shape index (κ3) is 9.83. The molecule has 0 aromatic carbocycles. The van der Waals surface area contributed by atoms with Gasteiger partial charge in [0.1, 0.15) is 25.1 Å². The molecule has 0 saturated carbocycles. The van der Waals surface area contributed by atoms with E-state index in [4.69, 9.17) is 0 Å². The number of allylic oxidation sites excluding steroid dienone is 4. The largest absolute Gasteiger partial charge is 0.303 e. The molecular formula is C15H20O4. The van der Waals surface area contributed by atoms with Gasteiger partial charge in [0, 0.05) is 12.8 Å². The molecule has 0 saturated heterocycles. The van der Waals surface area contributed by atoms with Crippen LogP contribution >= 0.6 is 0 Å². The van der Waals surface area contributed by atoms with Gasteiger partial charge in [0.25, 0.3) is 0 Å². The van der Waals surface area contributed by atoms with Crippen LogP contribution in [-0.4, -0.2) is 25.1 Å². The molecule has 4 nitrogen and oxygen atoms in total. The van der Waals surface area contributed by atoms with Gasteiger partial charge in [-0.15, -0.1) is 0 Å². The predicted octanol–water partition coefficient (Wildman–Crippen LogP) is 2.37. The highest BCUT2D eigenvalue weighted by Crippen LogP contribution is 2.09. The van der Waals surface area contributed by atoms with Crippen molar-refractivity contribution in [1.82, 2.24) is 0 Å². The summed E-state index contributed by atoms with van der Waals surface area (Å²) >= 11 is 0. The number of carbonyl (C=O) groups excluding carboxylic acids is 4. The summed E-state index contributed by atoms with van der Waals surface area (Å²) in [5, 5.41) is 0. The topological polar surface area (TPSA) is 68.3 Å². The second-order valence-electron chi connectivity index (χ2n) is 4.14. The maximum Gasteiger partial charge on any atom is 0.145 e. The van der Waals surface area contributed by atoms with Gasteiger partial charge in [-0.2, -0.15) is 0 Å². The van der Waals surface area contributed by atoms with Crippen LogP contribution in [0.4, 0.5) is 0 Å². The van der Waals surface area contributed by atoms with Crippen LogP contribution in [0.25, 0.3) is 0 Å². The molecule has 0 rings (SSSR count). The van der Waals surface area contributed by atoms with Gasteiger partial charge in [-0.25, -0.2) is 0 Å². The SMILES string of the molecule is O=CCCC/C=C(/C=O)CCC=C(C=O)CCC=O. The Morgan fingerprint density at radius 1 is 0.632 bits per heavy atom. The van der Waals surface area contributed by atoms with Gasteiger partial charge in [-0.05, 0) is 43.3 Å². The molecule has 0 N–H and O–H groups in total. The van der Waals surface area contributed by atoms with E-state index in [1.165, 1.54) is 0 Å². The van der Waals surface area contributed by atoms with Crippen LogP contribution in [0.15, 0.2) is 23.3 Å². The Bertz CT molecular complexity index is 353. The van der Waals surface area contributed by atoms with E-state index in [1.807, 2.05) is 6.08 Å². The van der Waals surface area contributed by atoms with Crippen molar-refractivity contribution in [1.29, 1.82) is 0 Å². The molecule has 0 radical (unpaired) electrons. The maximum atomic E-state index is 10.8. The Hall–Kier alpha value is -1.84. The molecule has 0 aromatic rings. The van der Waals surface area contributed by atoms with E-state index in [0.29, 0.717) is 49.7 Å². The summed E-state index contributed by atoms with van der Waals surface area (Å²) in [5.74, 6) is 0. The highest BCUT2D eigenvalue weighted by atomic mass is 16.1. The summed E-state index contributed by atoms with van der Waals surface area (Å²) < 4.78 is 0. The van der Waals surface area contributed by atoms with Gasteiger partial charge in [0.05, 0.1) is 0 Å². The minimum atomic E-state index is 0.340. The second-order valence-corrected chi connectivity index (χ2v) is 4.14. The number of hydrogen-bond acceptors (Lipinski definition) is 4. The fourth-order valence-corrected chi connectivity index (χ4v) is 1.56. The Morgan fingerprint density at radius 2 is 1.16 bits per heavy atom. The summed E-state index contributed by atoms with van der Waals surface area (Å²) in [4.78, 5) is 41.8. The lowest BCUT2D eigenvalue weighted by Gasteiger charge is -1.99. The molecule has 0 amide bonds. The van der Waals surface area contributed by atoms with Crippen molar-refractivity contribution in [2.75, 3.05) is 0 Å². The summed E-state index contributed by atoms with van der Waals surface area (Å²) in [5.41, 5.74) is 1.28. The summed E-state index contributed by atoms with van der Waals surface area (Å²) in [6.07, 6.45) is 10.7. The fraction of sp³-hybridized carbons (Fsp3) is 0.467. The van der Waals surface area contributed by atoms with E-state index >= 15 is 0 Å². The molecule has 0 unspecified atom stereocenters. The van der Waals surface area contributed by atoms with Crippen LogP contribution < -0.4 is 0 Å². The fourth-order valence-electron chi connectivity index (χ4n) is 1.56. The zero-order valence-electron chi connectivity index (χ0n) is 11.0. The average Bonchev–Trinajstić information content (AvgIpc) is 2.44. The number of hydrogen-bond donors (Lipinski definition) is 0. The van der Waals surface area contributed by atoms with E-state index in [-0.39, 0.29) is 0 Å². The predicted molar refractivity (Wildman–Crippen MR) is 72.7 cm³/mol. The molecule has 0 heterocycles. The Morgan fingerprint density at radius 3 is 1.68 bits per heavy atom. The standard InChI is InChI=1S/C15H20O4/c16-10-3-1-2-6-14(12-18)7-4-8-15(13-19)9-5-11-17/h6,8,10-13H,1-5,7,9H2/b14-6+,15-8?. The molecule has 0 fully saturated rings. The molecule has 0 aliphatic carbocycles. The maximum absolute atomic E-state index is 10.8. The van der Waals surface area contributed by atoms with Gasteiger partial charge < -0.3 is 9.59 Å². The first-order chi connectivity index (χ1) is 9.28. The highest BCUT2D eigenvalue weighted by molar-refractivity contribution is 5.74. The average molecular weight is 264 g/mol. The quantitative estimate of drug-likeness (QED) is 0.308. The van der Waals surface area contributed by atoms with Crippen molar-refractivity contribution < 1.29 is 19.2 Å². The monoisotopic (exact) mass is 264 g/mol. The first-order valence-electron chi connectivity index (χ1n) is 6.44. The minimum Gasteiger partial charge on any atom is -0.303 e. The van der Waals surface area contributed by atoms with Gasteiger partial charge in [-0.1, -0.05) is 12.2 Å². The third-order valence-corrected chi connectivity index (χ3v) is 2.63. The molecule has 0 aliphatic rings. The number of rotatable bonds is 12. The van der Waals surface area contributed by atoms with Gasteiger partial charge in [0.15, 0.2) is 0 Å². The lowest BCUT2D eigenvalue weighted by molar-refractivity contribution is -0.108. The number of unbranched alkanes of at least 4 members (excludes halogenated alkanes) is 2. The van der Waals surface area contributed by atoms with Crippen LogP contribution in [0.2, 0.25) is 0 Å². The van der Waals surface area contributed by atoms with E-state index < -0.39 is 0 Å². The first kappa shape index (κ1) is 17.2. The minimum absolute atomic E-state index is 0.340. The molecule has 0 atom stereocenters. The van der Waals surface area contributed by atoms with Crippen molar-refractivity contribution in [3.63, 3.8) is 0 Å². The van der Waals surface area contributed by atoms with Crippen molar-refractivity contribution in [3.8, 4) is 0 Å². The molecule has 19 heavy (non-hydrogen) atoms. The van der Waals surface area contributed by atoms with Crippen molar-refractivity contribution >= 4 is 25.1 Å². The lowest BCUT2D eigenvalue weighted by atomic mass is 10.1. The van der Waals surface area contributed by atoms with Crippen LogP contribution in [0, 0.1) is 0 Å². The first-order valence-corrected chi connectivity index (χ1v) is 6.44. The molecule has 0 aromatic heterocycles. The van der Waals surface area contributed by atoms with Crippen molar-refractivity contribution in [2.24, 2.45) is 0 Å². The molecular weight excluding hydrogens is 244 g/mol. The van der Waals surface area contributed by atoms with E-state index in [1.54, 1.807) is 6.08 Å². The van der Waals surface area contributed by atoms with Crippen LogP contribution in [0.1, 0.15) is 44.9 Å². The van der Waals surface area contributed by atoms with Gasteiger partial charge in [-0.3, -0.25) is 9.59 Å². The lowest BCUT2D eigenvalue weighted by Crippen LogP contribution is -1.89. The molecule has 0 aliphatic heterocycles. The Balaban J connectivity index is 4.13. The highest BCUT2D eigenvalue weighted by Gasteiger charge is 1.97. The molecule has 104 valence electrons. The van der Waals surface area contributed by atoms with E-state index in [2.05, 4.69) is 0 Å². The molecule has 0 spiro atoms. The zero-order chi connectivity index (χ0) is 14.3. The summed E-state index contributed by atoms with van der Waals surface area (Å²) in [6, 6.07) is 0. The summed E-state index contributed by atoms with van der Waals surface area (Å²) in [6.45, 7) is 0. The van der Waals surface area contributed by atoms with Crippen LogP contribution in [0.3, 0.4) is 0 Å². The summed E-state index contributed by atoms with van der Waals surface area (Å²) in [7, 11) is 0. The van der Waals surface area contributed by atoms with Crippen LogP contribution in [-0.2, 0) is 19.2 Å². The second kappa shape index (κ2) is 12.6. The van der Waals surface area contributed by atoms with Crippen LogP contribution in [0.5, 0.6) is 0 Å². The van der Waals surface area contributed by atoms with Gasteiger partial charge in [0.2, 0.25) is 0 Å². The Labute approximate surface area is 113 Å². The number of aldehydes is 4. The normalized spacial score (nSPS) is 12.0. The van der Waals surface area contributed by atoms with Crippen molar-refractivity contribution in [2.45, 2.75) is 44.9 Å². The smallest absolute Gasteiger partial charge is 0.145 e. The van der Waals surface area contributed by atoms with Gasteiger partial charge >= 0.3 is 0 Å². The number of carbonyl (C=O) groups is 4. The molecule has 4 heteroatoms. The van der Waals surface area contributed by atoms with E-state index in [0.717, 1.165) is 31.6 Å². The third-order valence-electron chi connectivity index (χ3n) is 2.63.